The number of hydrogen-bond acceptors (Lipinski definition) is 5. The molecule has 31 heavy (non-hydrogen) atoms. The van der Waals surface area contributed by atoms with Crippen molar-refractivity contribution < 1.29 is 4.79 Å². The zero-order valence-electron chi connectivity index (χ0n) is 17.9. The molecule has 0 bridgehead atoms. The van der Waals surface area contributed by atoms with Crippen molar-refractivity contribution in [2.75, 3.05) is 38.0 Å². The van der Waals surface area contributed by atoms with Gasteiger partial charge in [0.25, 0.3) is 0 Å². The molecule has 1 fully saturated rings. The third-order valence-corrected chi connectivity index (χ3v) is 7.01. The molecule has 0 atom stereocenters. The van der Waals surface area contributed by atoms with Crippen LogP contribution in [0.5, 0.6) is 0 Å². The zero-order valence-corrected chi connectivity index (χ0v) is 19.5. The van der Waals surface area contributed by atoms with Crippen molar-refractivity contribution >= 4 is 34.5 Å². The van der Waals surface area contributed by atoms with Gasteiger partial charge in [0.2, 0.25) is 5.91 Å². The third kappa shape index (κ3) is 5.52. The number of thiazole rings is 1. The van der Waals surface area contributed by atoms with Gasteiger partial charge in [0.15, 0.2) is 0 Å². The minimum absolute atomic E-state index is 0.0473. The van der Waals surface area contributed by atoms with E-state index in [4.69, 9.17) is 16.6 Å². The molecule has 1 aromatic heterocycles. The molecule has 0 unspecified atom stereocenters. The maximum absolute atomic E-state index is 12.5. The Morgan fingerprint density at radius 1 is 1.06 bits per heavy atom. The minimum Gasteiger partial charge on any atom is -0.325 e. The predicted molar refractivity (Wildman–Crippen MR) is 129 cm³/mol. The lowest BCUT2D eigenvalue weighted by Gasteiger charge is -2.33. The van der Waals surface area contributed by atoms with Gasteiger partial charge in [-0.15, -0.1) is 11.3 Å². The molecule has 5 nitrogen and oxygen atoms in total. The van der Waals surface area contributed by atoms with Gasteiger partial charge in [-0.3, -0.25) is 14.6 Å². The molecule has 4 rings (SSSR count). The number of nitrogens with zero attached hydrogens (tertiary/aromatic N) is 3. The molecule has 1 N–H and O–H groups in total. The number of carbonyl (C=O) groups is 1. The molecule has 2 aromatic carbocycles. The van der Waals surface area contributed by atoms with Crippen molar-refractivity contribution in [3.8, 4) is 10.6 Å². The van der Waals surface area contributed by atoms with Crippen molar-refractivity contribution in [2.45, 2.75) is 20.4 Å². The maximum atomic E-state index is 12.5. The van der Waals surface area contributed by atoms with Crippen LogP contribution in [-0.4, -0.2) is 53.4 Å². The van der Waals surface area contributed by atoms with E-state index in [0.717, 1.165) is 65.3 Å². The molecule has 1 aliphatic heterocycles. The first kappa shape index (κ1) is 22.0. The van der Waals surface area contributed by atoms with Crippen LogP contribution >= 0.6 is 22.9 Å². The molecular formula is C24H27ClN4OS. The first-order chi connectivity index (χ1) is 15.0. The normalized spacial score (nSPS) is 15.2. The van der Waals surface area contributed by atoms with Gasteiger partial charge in [-0.05, 0) is 37.1 Å². The second kappa shape index (κ2) is 9.92. The number of piperazine rings is 1. The Kier molecular flexibility index (Phi) is 7.02. The van der Waals surface area contributed by atoms with Crippen LogP contribution in [0.1, 0.15) is 16.8 Å². The lowest BCUT2D eigenvalue weighted by atomic mass is 10.1. The molecule has 1 aliphatic rings. The van der Waals surface area contributed by atoms with E-state index in [1.165, 1.54) is 5.56 Å². The first-order valence-corrected chi connectivity index (χ1v) is 11.8. The number of hydrogen-bond donors (Lipinski definition) is 1. The Morgan fingerprint density at radius 2 is 1.81 bits per heavy atom. The Bertz CT molecular complexity index is 1060. The van der Waals surface area contributed by atoms with Crippen LogP contribution in [0.2, 0.25) is 5.02 Å². The molecule has 1 amide bonds. The largest absolute Gasteiger partial charge is 0.325 e. The molecule has 1 saturated heterocycles. The van der Waals surface area contributed by atoms with E-state index < -0.39 is 0 Å². The fraction of sp³-hybridized carbons (Fsp3) is 0.333. The highest BCUT2D eigenvalue weighted by atomic mass is 35.5. The smallest absolute Gasteiger partial charge is 0.238 e. The maximum Gasteiger partial charge on any atom is 0.238 e. The van der Waals surface area contributed by atoms with Gasteiger partial charge in [0.05, 0.1) is 17.3 Å². The van der Waals surface area contributed by atoms with Crippen molar-refractivity contribution in [3.05, 3.63) is 69.7 Å². The number of aromatic nitrogens is 1. The van der Waals surface area contributed by atoms with Crippen LogP contribution in [0, 0.1) is 13.8 Å². The highest BCUT2D eigenvalue weighted by molar-refractivity contribution is 7.13. The number of amides is 1. The van der Waals surface area contributed by atoms with Crippen LogP contribution in [0.15, 0.2) is 47.8 Å². The SMILES string of the molecule is Cc1cccc(NC(=O)CN2CCN(Cc3csc(-c4ccccc4Cl)n3)CC2)c1C. The summed E-state index contributed by atoms with van der Waals surface area (Å²) in [5.74, 6) is 0.0473. The monoisotopic (exact) mass is 454 g/mol. The Labute approximate surface area is 192 Å². The summed E-state index contributed by atoms with van der Waals surface area (Å²) < 4.78 is 0. The van der Waals surface area contributed by atoms with Crippen LogP contribution in [0.3, 0.4) is 0 Å². The molecule has 2 heterocycles. The van der Waals surface area contributed by atoms with Crippen LogP contribution in [0.25, 0.3) is 10.6 Å². The Hall–Kier alpha value is -2.25. The molecule has 162 valence electrons. The first-order valence-electron chi connectivity index (χ1n) is 10.5. The summed E-state index contributed by atoms with van der Waals surface area (Å²) in [6.45, 7) is 8.95. The highest BCUT2D eigenvalue weighted by Crippen LogP contribution is 2.30. The molecule has 3 aromatic rings. The lowest BCUT2D eigenvalue weighted by molar-refractivity contribution is -0.117. The van der Waals surface area contributed by atoms with E-state index in [1.807, 2.05) is 43.3 Å². The number of aryl methyl sites for hydroxylation is 1. The van der Waals surface area contributed by atoms with Gasteiger partial charge in [-0.2, -0.15) is 0 Å². The second-order valence-corrected chi connectivity index (χ2v) is 9.24. The lowest BCUT2D eigenvalue weighted by Crippen LogP contribution is -2.48. The summed E-state index contributed by atoms with van der Waals surface area (Å²) in [7, 11) is 0. The second-order valence-electron chi connectivity index (χ2n) is 7.97. The quantitative estimate of drug-likeness (QED) is 0.579. The van der Waals surface area contributed by atoms with Crippen LogP contribution in [-0.2, 0) is 11.3 Å². The van der Waals surface area contributed by atoms with E-state index in [2.05, 4.69) is 33.5 Å². The average Bonchev–Trinajstić information content (AvgIpc) is 3.21. The van der Waals surface area contributed by atoms with E-state index in [0.29, 0.717) is 6.54 Å². The van der Waals surface area contributed by atoms with Crippen LogP contribution in [0.4, 0.5) is 5.69 Å². The van der Waals surface area contributed by atoms with E-state index in [1.54, 1.807) is 11.3 Å². The van der Waals surface area contributed by atoms with Crippen molar-refractivity contribution in [3.63, 3.8) is 0 Å². The van der Waals surface area contributed by atoms with Gasteiger partial charge < -0.3 is 5.32 Å². The number of anilines is 1. The number of rotatable bonds is 6. The number of benzene rings is 2. The van der Waals surface area contributed by atoms with Gasteiger partial charge in [0.1, 0.15) is 5.01 Å². The molecule has 0 aliphatic carbocycles. The number of nitrogens with one attached hydrogen (secondary N) is 1. The van der Waals surface area contributed by atoms with E-state index in [-0.39, 0.29) is 5.91 Å². The summed E-state index contributed by atoms with van der Waals surface area (Å²) in [5.41, 5.74) is 5.27. The molecule has 7 heteroatoms. The molecule has 0 spiro atoms. The van der Waals surface area contributed by atoms with Crippen molar-refractivity contribution in [2.24, 2.45) is 0 Å². The molecule has 0 radical (unpaired) electrons. The van der Waals surface area contributed by atoms with Crippen molar-refractivity contribution in [1.29, 1.82) is 0 Å². The van der Waals surface area contributed by atoms with Gasteiger partial charge >= 0.3 is 0 Å². The summed E-state index contributed by atoms with van der Waals surface area (Å²) in [4.78, 5) is 21.9. The van der Waals surface area contributed by atoms with Crippen LogP contribution < -0.4 is 5.32 Å². The van der Waals surface area contributed by atoms with Gasteiger partial charge in [0, 0.05) is 49.4 Å². The number of halogens is 1. The standard InChI is InChI=1S/C24H27ClN4OS/c1-17-6-5-9-22(18(17)2)27-23(30)15-29-12-10-28(11-13-29)14-19-16-31-24(26-19)20-7-3-4-8-21(20)25/h3-9,16H,10-15H2,1-2H3,(H,27,30). The van der Waals surface area contributed by atoms with Gasteiger partial charge in [-0.25, -0.2) is 4.98 Å². The summed E-state index contributed by atoms with van der Waals surface area (Å²) >= 11 is 7.93. The Balaban J connectivity index is 1.26. The average molecular weight is 455 g/mol. The van der Waals surface area contributed by atoms with E-state index in [9.17, 15) is 4.79 Å². The topological polar surface area (TPSA) is 48.5 Å². The summed E-state index contributed by atoms with van der Waals surface area (Å²) in [5, 5.41) is 6.87. The molecular weight excluding hydrogens is 428 g/mol. The predicted octanol–water partition coefficient (Wildman–Crippen LogP) is 4.84. The Morgan fingerprint density at radius 3 is 2.58 bits per heavy atom. The fourth-order valence-corrected chi connectivity index (χ4v) is 4.88. The van der Waals surface area contributed by atoms with E-state index >= 15 is 0 Å². The zero-order chi connectivity index (χ0) is 21.8. The van der Waals surface area contributed by atoms with Crippen molar-refractivity contribution in [1.82, 2.24) is 14.8 Å². The summed E-state index contributed by atoms with van der Waals surface area (Å²) in [6.07, 6.45) is 0. The van der Waals surface area contributed by atoms with Gasteiger partial charge in [-0.1, -0.05) is 41.9 Å². The highest BCUT2D eigenvalue weighted by Gasteiger charge is 2.20. The minimum atomic E-state index is 0.0473. The number of carbonyl (C=O) groups excluding carboxylic acids is 1. The fourth-order valence-electron chi connectivity index (χ4n) is 3.75. The summed E-state index contributed by atoms with van der Waals surface area (Å²) in [6, 6.07) is 13.8. The third-order valence-electron chi connectivity index (χ3n) is 5.75. The molecule has 0 saturated carbocycles.